The maximum atomic E-state index is 10.9. The third-order valence-electron chi connectivity index (χ3n) is 1.31. The van der Waals surface area contributed by atoms with Crippen LogP contribution in [0.4, 0.5) is 0 Å². The molecule has 0 bridgehead atoms. The number of Topliss-reactive ketones (excluding diaryl/α,β-unsaturated/α-hetero) is 2. The van der Waals surface area contributed by atoms with Gasteiger partial charge in [0.25, 0.3) is 0 Å². The van der Waals surface area contributed by atoms with E-state index in [0.29, 0.717) is 0 Å². The van der Waals surface area contributed by atoms with Gasteiger partial charge in [0, 0.05) is 0 Å². The molecule has 0 aromatic heterocycles. The number of carbonyl (C=O) groups excluding carboxylic acids is 3. The number of ether oxygens (including phenoxy) is 1. The van der Waals surface area contributed by atoms with Crippen molar-refractivity contribution in [2.75, 3.05) is 7.11 Å². The van der Waals surface area contributed by atoms with Crippen molar-refractivity contribution < 1.29 is 29.0 Å². The molecule has 0 aromatic carbocycles. The number of ketones is 2. The molecule has 0 aromatic rings. The van der Waals surface area contributed by atoms with Crippen LogP contribution in [0.2, 0.25) is 0 Å². The Morgan fingerprint density at radius 1 is 0.750 bits per heavy atom. The molecule has 1 N–H and O–H groups in total. The Balaban J connectivity index is -0.0000000563. The predicted octanol–water partition coefficient (Wildman–Crippen LogP) is 3.37. The summed E-state index contributed by atoms with van der Waals surface area (Å²) in [4.78, 5) is 42.3. The van der Waals surface area contributed by atoms with Gasteiger partial charge in [-0.2, -0.15) is 0 Å². The van der Waals surface area contributed by atoms with Gasteiger partial charge in [0.2, 0.25) is 0 Å². The van der Waals surface area contributed by atoms with Crippen molar-refractivity contribution >= 4 is 23.5 Å². The van der Waals surface area contributed by atoms with Crippen LogP contribution < -0.4 is 0 Å². The smallest absolute Gasteiger partial charge is 0.313 e. The van der Waals surface area contributed by atoms with Crippen LogP contribution in [0.1, 0.15) is 63.8 Å². The number of methoxy groups -OCH3 is 1. The van der Waals surface area contributed by atoms with Crippen molar-refractivity contribution in [3.8, 4) is 0 Å². The van der Waals surface area contributed by atoms with Crippen LogP contribution in [-0.4, -0.2) is 35.7 Å². The van der Waals surface area contributed by atoms with Gasteiger partial charge in [0.15, 0.2) is 11.6 Å². The van der Waals surface area contributed by atoms with Crippen molar-refractivity contribution in [3.05, 3.63) is 0 Å². The molecule has 0 atom stereocenters. The highest BCUT2D eigenvalue weighted by molar-refractivity contribution is 6.09. The van der Waals surface area contributed by atoms with E-state index in [0.717, 1.165) is 7.11 Å². The number of rotatable bonds is 6. The van der Waals surface area contributed by atoms with Gasteiger partial charge in [-0.3, -0.25) is 19.2 Å². The Hall–Kier alpha value is -1.72. The molecule has 6 nitrogen and oxygen atoms in total. The number of carboxylic acids is 1. The molecule has 0 aliphatic carbocycles. The van der Waals surface area contributed by atoms with Crippen molar-refractivity contribution in [1.82, 2.24) is 0 Å². The fraction of sp³-hybridized carbons (Fsp3) is 0.714. The van der Waals surface area contributed by atoms with Gasteiger partial charge < -0.3 is 9.84 Å². The van der Waals surface area contributed by atoms with Crippen LogP contribution in [0.15, 0.2) is 0 Å². The van der Waals surface area contributed by atoms with E-state index in [1.807, 2.05) is 0 Å². The van der Waals surface area contributed by atoms with Crippen LogP contribution in [0.25, 0.3) is 0 Å². The molecule has 0 aliphatic heterocycles. The third kappa shape index (κ3) is 25.2. The molecule has 0 rings (SSSR count). The molecule has 0 spiro atoms. The minimum absolute atomic E-state index is 0. The molecule has 0 unspecified atom stereocenters. The second-order valence-electron chi connectivity index (χ2n) is 2.58. The highest BCUT2D eigenvalue weighted by Gasteiger charge is 2.15. The van der Waals surface area contributed by atoms with E-state index < -0.39 is 42.8 Å². The summed E-state index contributed by atoms with van der Waals surface area (Å²) in [6.45, 7) is 0. The normalized spacial score (nSPS) is 6.45. The number of aliphatic carboxylic acids is 1. The maximum Gasteiger partial charge on any atom is 0.313 e. The Bertz CT molecular complexity index is 271. The minimum atomic E-state index is -1.29. The Labute approximate surface area is 124 Å². The summed E-state index contributed by atoms with van der Waals surface area (Å²) >= 11 is 0. The van der Waals surface area contributed by atoms with E-state index in [2.05, 4.69) is 4.74 Å². The number of carbonyl (C=O) groups is 4. The van der Waals surface area contributed by atoms with E-state index in [9.17, 15) is 19.2 Å². The van der Waals surface area contributed by atoms with E-state index in [1.54, 1.807) is 0 Å². The molecular weight excluding hydrogens is 264 g/mol. The van der Waals surface area contributed by atoms with Gasteiger partial charge >= 0.3 is 11.9 Å². The van der Waals surface area contributed by atoms with E-state index >= 15 is 0 Å². The molecule has 0 amide bonds. The number of carboxylic acid groups (broad SMARTS) is 1. The van der Waals surface area contributed by atoms with Gasteiger partial charge in [-0.25, -0.2) is 0 Å². The molecule has 0 radical (unpaired) electrons. The van der Waals surface area contributed by atoms with E-state index in [-0.39, 0.29) is 44.6 Å². The minimum Gasteiger partial charge on any atom is -0.481 e. The topological polar surface area (TPSA) is 97.7 Å². The van der Waals surface area contributed by atoms with Crippen molar-refractivity contribution in [2.24, 2.45) is 0 Å². The standard InChI is InChI=1S/C8H10O6.6CH4/c1-14-8(13)4-6(10)2-5(9)3-7(11)12;;;;;;/h2-4H2,1H3,(H,11,12);6*1H4. The fourth-order valence-corrected chi connectivity index (χ4v) is 0.747. The first-order valence-corrected chi connectivity index (χ1v) is 3.77. The van der Waals surface area contributed by atoms with Gasteiger partial charge in [-0.1, -0.05) is 44.6 Å². The van der Waals surface area contributed by atoms with Crippen molar-refractivity contribution in [2.45, 2.75) is 63.8 Å². The maximum absolute atomic E-state index is 10.9. The van der Waals surface area contributed by atoms with Crippen LogP contribution >= 0.6 is 0 Å². The summed E-state index contributed by atoms with van der Waals surface area (Å²) in [6, 6.07) is 0. The Morgan fingerprint density at radius 2 is 1.10 bits per heavy atom. The molecule has 6 heteroatoms. The monoisotopic (exact) mass is 298 g/mol. The molecule has 20 heavy (non-hydrogen) atoms. The number of esters is 1. The second kappa shape index (κ2) is 22.5. The van der Waals surface area contributed by atoms with Crippen LogP contribution in [0.3, 0.4) is 0 Å². The lowest BCUT2D eigenvalue weighted by molar-refractivity contribution is -0.143. The lowest BCUT2D eigenvalue weighted by atomic mass is 10.1. The summed E-state index contributed by atoms with van der Waals surface area (Å²) in [6.07, 6.45) is -1.74. The van der Waals surface area contributed by atoms with Crippen molar-refractivity contribution in [3.63, 3.8) is 0 Å². The molecule has 0 heterocycles. The highest BCUT2D eigenvalue weighted by Crippen LogP contribution is 1.96. The summed E-state index contributed by atoms with van der Waals surface area (Å²) in [5.41, 5.74) is 0. The summed E-state index contributed by atoms with van der Waals surface area (Å²) < 4.78 is 4.20. The zero-order valence-electron chi connectivity index (χ0n) is 7.61. The van der Waals surface area contributed by atoms with E-state index in [4.69, 9.17) is 5.11 Å². The molecule has 0 saturated heterocycles. The fourth-order valence-electron chi connectivity index (χ4n) is 0.747. The van der Waals surface area contributed by atoms with Crippen LogP contribution in [0.5, 0.6) is 0 Å². The first-order chi connectivity index (χ1) is 6.45. The summed E-state index contributed by atoms with van der Waals surface area (Å²) in [5, 5.41) is 8.20. The van der Waals surface area contributed by atoms with Gasteiger partial charge in [-0.05, 0) is 0 Å². The average Bonchev–Trinajstić information content (AvgIpc) is 2.01. The van der Waals surface area contributed by atoms with Crippen LogP contribution in [0, 0.1) is 0 Å². The van der Waals surface area contributed by atoms with Gasteiger partial charge in [-0.15, -0.1) is 0 Å². The number of hydrogen-bond acceptors (Lipinski definition) is 5. The summed E-state index contributed by atoms with van der Waals surface area (Å²) in [7, 11) is 1.12. The zero-order chi connectivity index (χ0) is 11.1. The molecule has 0 saturated carbocycles. The third-order valence-corrected chi connectivity index (χ3v) is 1.31. The first-order valence-electron chi connectivity index (χ1n) is 3.77. The SMILES string of the molecule is C.C.C.C.C.C.COC(=O)CC(=O)CC(=O)CC(=O)O. The highest BCUT2D eigenvalue weighted by atomic mass is 16.5. The first kappa shape index (κ1) is 42.9. The predicted molar refractivity (Wildman–Crippen MR) is 83.9 cm³/mol. The molecular formula is C14H34O6. The van der Waals surface area contributed by atoms with Crippen molar-refractivity contribution in [1.29, 1.82) is 0 Å². The van der Waals surface area contributed by atoms with Gasteiger partial charge in [0.1, 0.15) is 12.8 Å². The Morgan fingerprint density at radius 3 is 1.40 bits per heavy atom. The second-order valence-corrected chi connectivity index (χ2v) is 2.58. The summed E-state index contributed by atoms with van der Waals surface area (Å²) in [5.74, 6) is -3.38. The molecule has 0 aliphatic rings. The molecule has 0 fully saturated rings. The van der Waals surface area contributed by atoms with Gasteiger partial charge in [0.05, 0.1) is 13.5 Å². The zero-order valence-corrected chi connectivity index (χ0v) is 7.61. The lowest BCUT2D eigenvalue weighted by Gasteiger charge is -1.97. The Kier molecular flexibility index (Phi) is 48.2. The quantitative estimate of drug-likeness (QED) is 0.596. The van der Waals surface area contributed by atoms with E-state index in [1.165, 1.54) is 0 Å². The average molecular weight is 298 g/mol. The lowest BCUT2D eigenvalue weighted by Crippen LogP contribution is -2.15. The largest absolute Gasteiger partial charge is 0.481 e. The number of hydrogen-bond donors (Lipinski definition) is 1. The van der Waals surface area contributed by atoms with Crippen LogP contribution in [-0.2, 0) is 23.9 Å². The molecule has 126 valence electrons.